The molecule has 3 N–H and O–H groups in total. The summed E-state index contributed by atoms with van der Waals surface area (Å²) >= 11 is 0. The van der Waals surface area contributed by atoms with Gasteiger partial charge < -0.3 is 11.1 Å². The molecule has 0 aliphatic rings. The fourth-order valence-corrected chi connectivity index (χ4v) is 1.76. The van der Waals surface area contributed by atoms with Gasteiger partial charge in [-0.2, -0.15) is 5.10 Å². The van der Waals surface area contributed by atoms with Crippen LogP contribution in [0.1, 0.15) is 18.9 Å². The number of nitrogens with two attached hydrogens (primary N) is 1. The van der Waals surface area contributed by atoms with Crippen molar-refractivity contribution in [2.45, 2.75) is 19.9 Å². The minimum Gasteiger partial charge on any atom is -0.370 e. The van der Waals surface area contributed by atoms with E-state index in [0.29, 0.717) is 12.5 Å². The highest BCUT2D eigenvalue weighted by Crippen LogP contribution is 2.14. The van der Waals surface area contributed by atoms with Crippen molar-refractivity contribution in [2.75, 3.05) is 6.54 Å². The molecule has 0 aliphatic carbocycles. The molecule has 1 aromatic heterocycles. The highest BCUT2D eigenvalue weighted by atomic mass is 127. The number of halogens is 1. The molecule has 5 nitrogen and oxygen atoms in total. The summed E-state index contributed by atoms with van der Waals surface area (Å²) in [5.41, 5.74) is 7.91. The summed E-state index contributed by atoms with van der Waals surface area (Å²) in [6, 6.07) is 9.94. The number of rotatable bonds is 5. The maximum absolute atomic E-state index is 5.79. The van der Waals surface area contributed by atoms with Gasteiger partial charge in [0.05, 0.1) is 12.2 Å². The van der Waals surface area contributed by atoms with Crippen LogP contribution in [0.25, 0.3) is 5.69 Å². The normalized spacial score (nSPS) is 10.9. The van der Waals surface area contributed by atoms with E-state index in [9.17, 15) is 0 Å². The van der Waals surface area contributed by atoms with Crippen LogP contribution in [0.2, 0.25) is 0 Å². The maximum atomic E-state index is 5.79. The lowest BCUT2D eigenvalue weighted by Gasteiger charge is -2.08. The van der Waals surface area contributed by atoms with Gasteiger partial charge in [-0.3, -0.25) is 0 Å². The van der Waals surface area contributed by atoms with Crippen molar-refractivity contribution >= 4 is 29.9 Å². The Kier molecular flexibility index (Phi) is 7.06. The number of guanidine groups is 1. The Bertz CT molecular complexity index is 536. The van der Waals surface area contributed by atoms with Crippen LogP contribution in [0.15, 0.2) is 47.7 Å². The first kappa shape index (κ1) is 16.5. The predicted octanol–water partition coefficient (Wildman–Crippen LogP) is 2.30. The quantitative estimate of drug-likeness (QED) is 0.472. The van der Waals surface area contributed by atoms with Gasteiger partial charge in [-0.1, -0.05) is 25.1 Å². The van der Waals surface area contributed by atoms with Crippen molar-refractivity contribution in [1.82, 2.24) is 15.1 Å². The Labute approximate surface area is 136 Å². The number of benzene rings is 1. The first-order valence-corrected chi connectivity index (χ1v) is 6.43. The van der Waals surface area contributed by atoms with Gasteiger partial charge in [0.2, 0.25) is 0 Å². The van der Waals surface area contributed by atoms with E-state index in [4.69, 9.17) is 5.73 Å². The standard InChI is InChI=1S/C14H19N5.HI/c1-2-8-16-14(15)17-11-12-6-3-4-7-13(12)19-10-5-9-18-19;/h3-7,9-10H,2,8,11H2,1H3,(H3,15,16,17);1H. The highest BCUT2D eigenvalue weighted by Gasteiger charge is 2.03. The summed E-state index contributed by atoms with van der Waals surface area (Å²) in [4.78, 5) is 4.34. The molecular formula is C14H20IN5. The zero-order valence-corrected chi connectivity index (χ0v) is 13.8. The monoisotopic (exact) mass is 385 g/mol. The van der Waals surface area contributed by atoms with Crippen LogP contribution < -0.4 is 11.1 Å². The lowest BCUT2D eigenvalue weighted by Crippen LogP contribution is -2.32. The molecular weight excluding hydrogens is 365 g/mol. The van der Waals surface area contributed by atoms with Crippen LogP contribution in [0.3, 0.4) is 0 Å². The van der Waals surface area contributed by atoms with Gasteiger partial charge >= 0.3 is 0 Å². The topological polar surface area (TPSA) is 68.2 Å². The fourth-order valence-electron chi connectivity index (χ4n) is 1.76. The minimum atomic E-state index is 0. The number of nitrogens with zero attached hydrogens (tertiary/aromatic N) is 3. The number of nitrogens with one attached hydrogen (secondary N) is 1. The molecule has 0 unspecified atom stereocenters. The molecule has 0 aliphatic heterocycles. The van der Waals surface area contributed by atoms with Crippen molar-refractivity contribution < 1.29 is 0 Å². The van der Waals surface area contributed by atoms with E-state index < -0.39 is 0 Å². The first-order chi connectivity index (χ1) is 9.31. The smallest absolute Gasteiger partial charge is 0.188 e. The largest absolute Gasteiger partial charge is 0.370 e. The van der Waals surface area contributed by atoms with E-state index in [1.807, 2.05) is 41.2 Å². The van der Waals surface area contributed by atoms with Crippen molar-refractivity contribution in [2.24, 2.45) is 10.7 Å². The first-order valence-electron chi connectivity index (χ1n) is 6.43. The zero-order chi connectivity index (χ0) is 13.5. The van der Waals surface area contributed by atoms with E-state index >= 15 is 0 Å². The number of aromatic nitrogens is 2. The summed E-state index contributed by atoms with van der Waals surface area (Å²) in [5, 5.41) is 7.31. The Morgan fingerprint density at radius 1 is 1.35 bits per heavy atom. The van der Waals surface area contributed by atoms with Crippen LogP contribution in [-0.2, 0) is 6.54 Å². The molecule has 2 aromatic rings. The highest BCUT2D eigenvalue weighted by molar-refractivity contribution is 14.0. The summed E-state index contributed by atoms with van der Waals surface area (Å²) in [5.74, 6) is 0.483. The number of hydrogen-bond acceptors (Lipinski definition) is 2. The molecule has 1 aromatic carbocycles. The van der Waals surface area contributed by atoms with Gasteiger partial charge in [-0.15, -0.1) is 24.0 Å². The lowest BCUT2D eigenvalue weighted by molar-refractivity contribution is 0.821. The second-order valence-electron chi connectivity index (χ2n) is 4.21. The van der Waals surface area contributed by atoms with E-state index in [1.165, 1.54) is 0 Å². The third-order valence-corrected chi connectivity index (χ3v) is 2.72. The second-order valence-corrected chi connectivity index (χ2v) is 4.21. The van der Waals surface area contributed by atoms with Gasteiger partial charge in [0.1, 0.15) is 0 Å². The van der Waals surface area contributed by atoms with Gasteiger partial charge in [-0.05, 0) is 24.1 Å². The van der Waals surface area contributed by atoms with E-state index in [1.54, 1.807) is 6.20 Å². The summed E-state index contributed by atoms with van der Waals surface area (Å²) < 4.78 is 1.83. The Morgan fingerprint density at radius 3 is 2.85 bits per heavy atom. The van der Waals surface area contributed by atoms with Crippen LogP contribution >= 0.6 is 24.0 Å². The summed E-state index contributed by atoms with van der Waals surface area (Å²) in [7, 11) is 0. The molecule has 0 fully saturated rings. The third-order valence-electron chi connectivity index (χ3n) is 2.72. The Balaban J connectivity index is 0.00000200. The third kappa shape index (κ3) is 4.52. The van der Waals surface area contributed by atoms with E-state index in [-0.39, 0.29) is 24.0 Å². The fraction of sp³-hybridized carbons (Fsp3) is 0.286. The number of para-hydroxylation sites is 1. The molecule has 20 heavy (non-hydrogen) atoms. The second kappa shape index (κ2) is 8.57. The van der Waals surface area contributed by atoms with E-state index in [0.717, 1.165) is 24.2 Å². The molecule has 0 bridgehead atoms. The van der Waals surface area contributed by atoms with Gasteiger partial charge in [0.25, 0.3) is 0 Å². The van der Waals surface area contributed by atoms with Crippen LogP contribution in [0, 0.1) is 0 Å². The molecule has 2 rings (SSSR count). The average Bonchev–Trinajstić information content (AvgIpc) is 2.97. The minimum absolute atomic E-state index is 0. The summed E-state index contributed by atoms with van der Waals surface area (Å²) in [6.45, 7) is 3.47. The van der Waals surface area contributed by atoms with Crippen LogP contribution in [0.5, 0.6) is 0 Å². The molecule has 0 saturated carbocycles. The molecule has 6 heteroatoms. The molecule has 0 atom stereocenters. The zero-order valence-electron chi connectivity index (χ0n) is 11.5. The number of hydrogen-bond donors (Lipinski definition) is 2. The average molecular weight is 385 g/mol. The molecule has 108 valence electrons. The van der Waals surface area contributed by atoms with Crippen molar-refractivity contribution in [3.8, 4) is 5.69 Å². The van der Waals surface area contributed by atoms with Gasteiger partial charge in [0.15, 0.2) is 5.96 Å². The molecule has 1 heterocycles. The Hall–Kier alpha value is -1.57. The number of aliphatic imine (C=N–C) groups is 1. The van der Waals surface area contributed by atoms with Crippen LogP contribution in [0.4, 0.5) is 0 Å². The summed E-state index contributed by atoms with van der Waals surface area (Å²) in [6.07, 6.45) is 4.71. The Morgan fingerprint density at radius 2 is 2.15 bits per heavy atom. The maximum Gasteiger partial charge on any atom is 0.188 e. The van der Waals surface area contributed by atoms with E-state index in [2.05, 4.69) is 22.3 Å². The molecule has 0 saturated heterocycles. The van der Waals surface area contributed by atoms with Gasteiger partial charge in [-0.25, -0.2) is 9.67 Å². The van der Waals surface area contributed by atoms with Gasteiger partial charge in [0, 0.05) is 18.9 Å². The van der Waals surface area contributed by atoms with Crippen LogP contribution in [-0.4, -0.2) is 22.3 Å². The van der Waals surface area contributed by atoms with Crippen molar-refractivity contribution in [3.63, 3.8) is 0 Å². The van der Waals surface area contributed by atoms with Crippen molar-refractivity contribution in [3.05, 3.63) is 48.3 Å². The predicted molar refractivity (Wildman–Crippen MR) is 92.6 cm³/mol. The molecule has 0 spiro atoms. The molecule has 0 amide bonds. The molecule has 0 radical (unpaired) electrons. The van der Waals surface area contributed by atoms with Crippen molar-refractivity contribution in [1.29, 1.82) is 0 Å². The lowest BCUT2D eigenvalue weighted by atomic mass is 10.2. The SMILES string of the molecule is CCCNC(N)=NCc1ccccc1-n1cccn1.I.